The van der Waals surface area contributed by atoms with E-state index < -0.39 is 0 Å². The number of rotatable bonds is 5. The number of hydrogen-bond donors (Lipinski definition) is 0. The Morgan fingerprint density at radius 2 is 2.00 bits per heavy atom. The van der Waals surface area contributed by atoms with E-state index in [0.717, 1.165) is 12.5 Å². The maximum absolute atomic E-state index is 4.89. The molecule has 0 fully saturated rings. The predicted molar refractivity (Wildman–Crippen MR) is 42.5 cm³/mol. The third-order valence-electron chi connectivity index (χ3n) is 1.80. The minimum atomic E-state index is 0. The smallest absolute Gasteiger partial charge is 0.369 e. The summed E-state index contributed by atoms with van der Waals surface area (Å²) in [4.78, 5) is 0. The van der Waals surface area contributed by atoms with Gasteiger partial charge in [0.05, 0.1) is 0 Å². The minimum absolute atomic E-state index is 0. The highest BCUT2D eigenvalue weighted by atomic mass is 27.1. The number of hydrogen-bond acceptors (Lipinski definition) is 1. The third kappa shape index (κ3) is 4.96. The third-order valence-corrected chi connectivity index (χ3v) is 2.03. The van der Waals surface area contributed by atoms with E-state index in [2.05, 4.69) is 30.5 Å². The first kappa shape index (κ1) is 9.49. The maximum Gasteiger partial charge on any atom is 0.369 e. The summed E-state index contributed by atoms with van der Waals surface area (Å²) in [5.41, 5.74) is 0. The van der Waals surface area contributed by atoms with Gasteiger partial charge in [-0.25, -0.2) is 0 Å². The molecule has 0 saturated heterocycles. The van der Waals surface area contributed by atoms with Crippen LogP contribution in [0.1, 0.15) is 34.5 Å². The molecule has 0 atom stereocenters. The molecule has 0 heterocycles. The van der Waals surface area contributed by atoms with Crippen molar-refractivity contribution in [2.45, 2.75) is 33.1 Å². The summed E-state index contributed by atoms with van der Waals surface area (Å²) in [6.07, 6.45) is 3.77. The molecule has 1 nitrogen and oxygen atoms in total. The Labute approximate surface area is 68.0 Å². The molecule has 2 radical (unpaired) electrons. The quantitative estimate of drug-likeness (QED) is 0.537. The molecule has 0 aliphatic rings. The second-order valence-electron chi connectivity index (χ2n) is 2.34. The first-order valence-corrected chi connectivity index (χ1v) is 4.13. The highest BCUT2D eigenvalue weighted by molar-refractivity contribution is 5.97. The lowest BCUT2D eigenvalue weighted by atomic mass is 10.0. The van der Waals surface area contributed by atoms with Crippen LogP contribution in [-0.4, -0.2) is 23.2 Å². The summed E-state index contributed by atoms with van der Waals surface area (Å²) >= 11 is 2.29. The lowest BCUT2D eigenvalue weighted by molar-refractivity contribution is 0.292. The van der Waals surface area contributed by atoms with Gasteiger partial charge in [-0.3, -0.25) is 0 Å². The van der Waals surface area contributed by atoms with Gasteiger partial charge in [-0.05, 0) is 12.3 Å². The molecule has 0 aromatic rings. The average molecular weight is 144 g/mol. The zero-order valence-corrected chi connectivity index (χ0v) is 7.55. The van der Waals surface area contributed by atoms with E-state index in [9.17, 15) is 0 Å². The van der Waals surface area contributed by atoms with Crippen molar-refractivity contribution >= 4 is 16.6 Å². The SMILES string of the molecule is CCC(CC)CC[O][Al].[HH]. The second kappa shape index (κ2) is 6.61. The Balaban J connectivity index is 0. The van der Waals surface area contributed by atoms with Crippen LogP contribution in [0.25, 0.3) is 0 Å². The second-order valence-corrected chi connectivity index (χ2v) is 2.68. The molecule has 0 unspecified atom stereocenters. The topological polar surface area (TPSA) is 9.23 Å². The molecule has 0 bridgehead atoms. The first-order valence-electron chi connectivity index (χ1n) is 3.66. The monoisotopic (exact) mass is 144 g/mol. The van der Waals surface area contributed by atoms with E-state index in [1.54, 1.807) is 0 Å². The normalized spacial score (nSPS) is 10.6. The summed E-state index contributed by atoms with van der Waals surface area (Å²) in [5, 5.41) is 0. The van der Waals surface area contributed by atoms with Crippen LogP contribution in [0.15, 0.2) is 0 Å². The van der Waals surface area contributed by atoms with Gasteiger partial charge in [0.15, 0.2) is 0 Å². The fraction of sp³-hybridized carbons (Fsp3) is 1.00. The molecule has 0 aliphatic carbocycles. The fourth-order valence-electron chi connectivity index (χ4n) is 0.932. The van der Waals surface area contributed by atoms with Crippen molar-refractivity contribution in [2.75, 3.05) is 6.61 Å². The summed E-state index contributed by atoms with van der Waals surface area (Å²) in [7, 11) is 0. The standard InChI is InChI=1S/C7H15O.Al.H2/c1-3-7(4-2)5-6-8;;/h7H,3-6H2,1-2H3;;1H/q-1;+1;. The van der Waals surface area contributed by atoms with Gasteiger partial charge in [0.1, 0.15) is 0 Å². The summed E-state index contributed by atoms with van der Waals surface area (Å²) in [6.45, 7) is 5.35. The van der Waals surface area contributed by atoms with Gasteiger partial charge in [-0.2, -0.15) is 0 Å². The highest BCUT2D eigenvalue weighted by Crippen LogP contribution is 2.11. The van der Waals surface area contributed by atoms with Crippen molar-refractivity contribution in [2.24, 2.45) is 5.92 Å². The zero-order valence-electron chi connectivity index (χ0n) is 6.39. The Morgan fingerprint density at radius 3 is 2.33 bits per heavy atom. The molecule has 0 saturated carbocycles. The molecule has 54 valence electrons. The first-order chi connectivity index (χ1) is 4.35. The molecule has 0 aliphatic heterocycles. The van der Waals surface area contributed by atoms with Crippen molar-refractivity contribution in [3.63, 3.8) is 0 Å². The van der Waals surface area contributed by atoms with Gasteiger partial charge in [0.2, 0.25) is 0 Å². The van der Waals surface area contributed by atoms with Gasteiger partial charge in [-0.15, -0.1) is 0 Å². The Morgan fingerprint density at radius 1 is 1.44 bits per heavy atom. The van der Waals surface area contributed by atoms with Gasteiger partial charge >= 0.3 is 16.6 Å². The lowest BCUT2D eigenvalue weighted by Crippen LogP contribution is -2.01. The molecule has 9 heavy (non-hydrogen) atoms. The predicted octanol–water partition coefficient (Wildman–Crippen LogP) is 2.16. The van der Waals surface area contributed by atoms with Crippen LogP contribution >= 0.6 is 0 Å². The van der Waals surface area contributed by atoms with E-state index in [1.165, 1.54) is 19.3 Å². The van der Waals surface area contributed by atoms with Crippen molar-refractivity contribution in [1.29, 1.82) is 0 Å². The van der Waals surface area contributed by atoms with Crippen molar-refractivity contribution in [3.05, 3.63) is 0 Å². The lowest BCUT2D eigenvalue weighted by Gasteiger charge is -2.10. The largest absolute Gasteiger partial charge is 0.516 e. The Hall–Kier alpha value is 0.492. The van der Waals surface area contributed by atoms with E-state index in [0.29, 0.717) is 0 Å². The molecule has 0 aromatic carbocycles. The summed E-state index contributed by atoms with van der Waals surface area (Å²) in [5.74, 6) is 0.866. The maximum atomic E-state index is 4.89. The average Bonchev–Trinajstić information content (AvgIpc) is 1.91. The van der Waals surface area contributed by atoms with E-state index in [1.807, 2.05) is 0 Å². The van der Waals surface area contributed by atoms with Crippen LogP contribution in [0, 0.1) is 5.92 Å². The fourth-order valence-corrected chi connectivity index (χ4v) is 1.07. The molecule has 0 spiro atoms. The molecular formula is C7H17AlO. The van der Waals surface area contributed by atoms with Crippen LogP contribution in [0.2, 0.25) is 0 Å². The van der Waals surface area contributed by atoms with Gasteiger partial charge < -0.3 is 3.79 Å². The van der Waals surface area contributed by atoms with Crippen LogP contribution in [0.4, 0.5) is 0 Å². The van der Waals surface area contributed by atoms with E-state index >= 15 is 0 Å². The Kier molecular flexibility index (Phi) is 6.97. The summed E-state index contributed by atoms with van der Waals surface area (Å²) in [6, 6.07) is 0. The van der Waals surface area contributed by atoms with Gasteiger partial charge in [0.25, 0.3) is 0 Å². The van der Waals surface area contributed by atoms with Crippen molar-refractivity contribution < 1.29 is 5.22 Å². The van der Waals surface area contributed by atoms with Crippen LogP contribution in [-0.2, 0) is 3.79 Å². The van der Waals surface area contributed by atoms with Crippen LogP contribution in [0.3, 0.4) is 0 Å². The molecule has 0 N–H and O–H groups in total. The molecule has 0 rings (SSSR count). The van der Waals surface area contributed by atoms with Crippen molar-refractivity contribution in [1.82, 2.24) is 0 Å². The van der Waals surface area contributed by atoms with Crippen molar-refractivity contribution in [3.8, 4) is 0 Å². The Bertz CT molecular complexity index is 57.6. The highest BCUT2D eigenvalue weighted by Gasteiger charge is 2.00. The van der Waals surface area contributed by atoms with Gasteiger partial charge in [-0.1, -0.05) is 26.7 Å². The van der Waals surface area contributed by atoms with Crippen LogP contribution in [0.5, 0.6) is 0 Å². The van der Waals surface area contributed by atoms with E-state index in [-0.39, 0.29) is 1.43 Å². The molecular weight excluding hydrogens is 127 g/mol. The minimum Gasteiger partial charge on any atom is -0.516 e. The molecule has 0 amide bonds. The van der Waals surface area contributed by atoms with Gasteiger partial charge in [0, 0.05) is 8.03 Å². The van der Waals surface area contributed by atoms with Crippen LogP contribution < -0.4 is 0 Å². The van der Waals surface area contributed by atoms with E-state index in [4.69, 9.17) is 3.79 Å². The summed E-state index contributed by atoms with van der Waals surface area (Å²) < 4.78 is 4.89. The molecule has 0 aromatic heterocycles. The zero-order chi connectivity index (χ0) is 7.11. The molecule has 2 heteroatoms.